The Kier molecular flexibility index (Phi) is 4.97. The minimum absolute atomic E-state index is 0.0334. The molecule has 0 radical (unpaired) electrons. The number of nitrogens with two attached hydrogens (primary N) is 1. The fraction of sp³-hybridized carbons (Fsp3) is 0.625. The molecule has 1 heterocycles. The average Bonchev–Trinajstić information content (AvgIpc) is 2.45. The van der Waals surface area contributed by atoms with Gasteiger partial charge in [0.2, 0.25) is 0 Å². The molecular weight excluding hydrogens is 236 g/mol. The highest BCUT2D eigenvalue weighted by Gasteiger charge is 2.30. The van der Waals surface area contributed by atoms with Gasteiger partial charge in [-0.1, -0.05) is 24.3 Å². The lowest BCUT2D eigenvalue weighted by atomic mass is 9.94. The normalized spacial score (nSPS) is 24.6. The largest absolute Gasteiger partial charge is 0.377 e. The molecule has 0 aromatic heterocycles. The molecule has 2 N–H and O–H groups in total. The number of piperidine rings is 1. The van der Waals surface area contributed by atoms with E-state index in [2.05, 4.69) is 36.1 Å². The van der Waals surface area contributed by atoms with Gasteiger partial charge in [-0.3, -0.25) is 0 Å². The highest BCUT2D eigenvalue weighted by atomic mass is 16.5. The summed E-state index contributed by atoms with van der Waals surface area (Å²) in [4.78, 5) is 2.51. The third-order valence-electron chi connectivity index (χ3n) is 4.27. The first-order chi connectivity index (χ1) is 9.17. The van der Waals surface area contributed by atoms with Crippen molar-refractivity contribution in [1.82, 2.24) is 4.90 Å². The fourth-order valence-corrected chi connectivity index (χ4v) is 2.94. The van der Waals surface area contributed by atoms with E-state index < -0.39 is 0 Å². The second-order valence-electron chi connectivity index (χ2n) is 5.76. The zero-order valence-corrected chi connectivity index (χ0v) is 12.2. The molecule has 3 nitrogen and oxygen atoms in total. The quantitative estimate of drug-likeness (QED) is 0.884. The third kappa shape index (κ3) is 3.78. The lowest BCUT2D eigenvalue weighted by molar-refractivity contribution is -0.0503. The second-order valence-corrected chi connectivity index (χ2v) is 5.76. The maximum absolute atomic E-state index is 5.79. The fourth-order valence-electron chi connectivity index (χ4n) is 2.94. The molecule has 1 aromatic carbocycles. The summed E-state index contributed by atoms with van der Waals surface area (Å²) in [6.45, 7) is 6.16. The van der Waals surface area contributed by atoms with E-state index in [1.54, 1.807) is 0 Å². The Bertz CT molecular complexity index is 407. The van der Waals surface area contributed by atoms with E-state index in [0.717, 1.165) is 19.5 Å². The summed E-state index contributed by atoms with van der Waals surface area (Å²) in [6, 6.07) is 8.49. The van der Waals surface area contributed by atoms with Gasteiger partial charge < -0.3 is 15.4 Å². The van der Waals surface area contributed by atoms with Crippen LogP contribution in [0.2, 0.25) is 0 Å². The van der Waals surface area contributed by atoms with Gasteiger partial charge in [-0.05, 0) is 43.9 Å². The van der Waals surface area contributed by atoms with Gasteiger partial charge in [-0.15, -0.1) is 0 Å². The number of hydrogen-bond acceptors (Lipinski definition) is 3. The van der Waals surface area contributed by atoms with Gasteiger partial charge in [0.05, 0.1) is 5.60 Å². The molecule has 0 amide bonds. The zero-order valence-electron chi connectivity index (χ0n) is 12.2. The summed E-state index contributed by atoms with van der Waals surface area (Å²) in [6.07, 6.45) is 3.47. The SMILES string of the molecule is COC1(C)CCCN(CCc2ccccc2CN)C1. The smallest absolute Gasteiger partial charge is 0.0777 e. The van der Waals surface area contributed by atoms with Crippen LogP contribution in [0, 0.1) is 0 Å². The second kappa shape index (κ2) is 6.51. The summed E-state index contributed by atoms with van der Waals surface area (Å²) in [5.41, 5.74) is 8.48. The molecule has 106 valence electrons. The van der Waals surface area contributed by atoms with E-state index in [1.807, 2.05) is 7.11 Å². The van der Waals surface area contributed by atoms with Crippen LogP contribution >= 0.6 is 0 Å². The number of benzene rings is 1. The Hall–Kier alpha value is -0.900. The van der Waals surface area contributed by atoms with Gasteiger partial charge in [0.1, 0.15) is 0 Å². The molecule has 0 bridgehead atoms. The van der Waals surface area contributed by atoms with E-state index in [1.165, 1.54) is 30.5 Å². The van der Waals surface area contributed by atoms with Crippen LogP contribution in [-0.2, 0) is 17.7 Å². The summed E-state index contributed by atoms with van der Waals surface area (Å²) in [5.74, 6) is 0. The van der Waals surface area contributed by atoms with E-state index in [-0.39, 0.29) is 5.60 Å². The lowest BCUT2D eigenvalue weighted by Gasteiger charge is -2.39. The zero-order chi connectivity index (χ0) is 13.7. The molecule has 1 atom stereocenters. The molecule has 2 rings (SSSR count). The number of ether oxygens (including phenoxy) is 1. The van der Waals surface area contributed by atoms with Crippen molar-refractivity contribution in [3.63, 3.8) is 0 Å². The van der Waals surface area contributed by atoms with Crippen LogP contribution in [0.3, 0.4) is 0 Å². The van der Waals surface area contributed by atoms with E-state index in [4.69, 9.17) is 10.5 Å². The van der Waals surface area contributed by atoms with Crippen LogP contribution in [-0.4, -0.2) is 37.2 Å². The Morgan fingerprint density at radius 3 is 2.74 bits per heavy atom. The summed E-state index contributed by atoms with van der Waals surface area (Å²) in [7, 11) is 1.83. The Balaban J connectivity index is 1.91. The summed E-state index contributed by atoms with van der Waals surface area (Å²) >= 11 is 0. The van der Waals surface area contributed by atoms with Crippen molar-refractivity contribution in [1.29, 1.82) is 0 Å². The van der Waals surface area contributed by atoms with Crippen molar-refractivity contribution in [2.24, 2.45) is 5.73 Å². The van der Waals surface area contributed by atoms with Crippen molar-refractivity contribution in [2.75, 3.05) is 26.7 Å². The summed E-state index contributed by atoms with van der Waals surface area (Å²) in [5, 5.41) is 0. The van der Waals surface area contributed by atoms with Crippen molar-refractivity contribution < 1.29 is 4.74 Å². The summed E-state index contributed by atoms with van der Waals surface area (Å²) < 4.78 is 5.64. The number of methoxy groups -OCH3 is 1. The Labute approximate surface area is 116 Å². The van der Waals surface area contributed by atoms with Crippen molar-refractivity contribution in [3.8, 4) is 0 Å². The molecule has 1 aliphatic rings. The molecule has 0 spiro atoms. The Morgan fingerprint density at radius 1 is 1.32 bits per heavy atom. The first-order valence-corrected chi connectivity index (χ1v) is 7.21. The first kappa shape index (κ1) is 14.5. The predicted octanol–water partition coefficient (Wildman–Crippen LogP) is 2.19. The van der Waals surface area contributed by atoms with E-state index in [0.29, 0.717) is 6.54 Å². The maximum Gasteiger partial charge on any atom is 0.0777 e. The maximum atomic E-state index is 5.79. The molecular formula is C16H26N2O. The third-order valence-corrected chi connectivity index (χ3v) is 4.27. The van der Waals surface area contributed by atoms with Gasteiger partial charge in [0.15, 0.2) is 0 Å². The van der Waals surface area contributed by atoms with Crippen LogP contribution < -0.4 is 5.73 Å². The van der Waals surface area contributed by atoms with Crippen LogP contribution in [0.4, 0.5) is 0 Å². The molecule has 1 unspecified atom stereocenters. The highest BCUT2D eigenvalue weighted by Crippen LogP contribution is 2.24. The van der Waals surface area contributed by atoms with Gasteiger partial charge in [-0.2, -0.15) is 0 Å². The van der Waals surface area contributed by atoms with Crippen LogP contribution in [0.5, 0.6) is 0 Å². The predicted molar refractivity (Wildman–Crippen MR) is 79.1 cm³/mol. The standard InChI is InChI=1S/C16H26N2O/c1-16(19-2)9-5-10-18(13-16)11-8-14-6-3-4-7-15(14)12-17/h3-4,6-7H,5,8-13,17H2,1-2H3. The molecule has 0 saturated carbocycles. The van der Waals surface area contributed by atoms with Crippen LogP contribution in [0.25, 0.3) is 0 Å². The molecule has 0 aliphatic carbocycles. The Morgan fingerprint density at radius 2 is 2.05 bits per heavy atom. The highest BCUT2D eigenvalue weighted by molar-refractivity contribution is 5.27. The van der Waals surface area contributed by atoms with Crippen LogP contribution in [0.1, 0.15) is 30.9 Å². The first-order valence-electron chi connectivity index (χ1n) is 7.21. The number of nitrogens with zero attached hydrogens (tertiary/aromatic N) is 1. The van der Waals surface area contributed by atoms with Gasteiger partial charge in [-0.25, -0.2) is 0 Å². The van der Waals surface area contributed by atoms with Gasteiger partial charge >= 0.3 is 0 Å². The van der Waals surface area contributed by atoms with E-state index in [9.17, 15) is 0 Å². The van der Waals surface area contributed by atoms with Crippen LogP contribution in [0.15, 0.2) is 24.3 Å². The number of rotatable bonds is 5. The molecule has 19 heavy (non-hydrogen) atoms. The number of likely N-dealkylation sites (tertiary alicyclic amines) is 1. The molecule has 1 aromatic rings. The van der Waals surface area contributed by atoms with Crippen molar-refractivity contribution >= 4 is 0 Å². The van der Waals surface area contributed by atoms with Crippen molar-refractivity contribution in [2.45, 2.75) is 38.3 Å². The van der Waals surface area contributed by atoms with Gasteiger partial charge in [0.25, 0.3) is 0 Å². The molecule has 1 saturated heterocycles. The minimum atomic E-state index is 0.0334. The monoisotopic (exact) mass is 262 g/mol. The molecule has 3 heteroatoms. The van der Waals surface area contributed by atoms with E-state index >= 15 is 0 Å². The molecule has 1 fully saturated rings. The lowest BCUT2D eigenvalue weighted by Crippen LogP contribution is -2.47. The average molecular weight is 262 g/mol. The van der Waals surface area contributed by atoms with Gasteiger partial charge in [0, 0.05) is 26.7 Å². The topological polar surface area (TPSA) is 38.5 Å². The minimum Gasteiger partial charge on any atom is -0.377 e. The van der Waals surface area contributed by atoms with Crippen molar-refractivity contribution in [3.05, 3.63) is 35.4 Å². The number of hydrogen-bond donors (Lipinski definition) is 1. The molecule has 1 aliphatic heterocycles.